The summed E-state index contributed by atoms with van der Waals surface area (Å²) >= 11 is 1.69. The summed E-state index contributed by atoms with van der Waals surface area (Å²) in [7, 11) is 0. The summed E-state index contributed by atoms with van der Waals surface area (Å²) in [5.41, 5.74) is 4.65. The lowest BCUT2D eigenvalue weighted by Gasteiger charge is -2.21. The number of thiazole rings is 1. The van der Waals surface area contributed by atoms with Crippen LogP contribution in [-0.4, -0.2) is 17.4 Å². The minimum atomic E-state index is 0.156. The molecular formula is C16H22N2OS. The highest BCUT2D eigenvalue weighted by atomic mass is 32.1. The second-order valence-electron chi connectivity index (χ2n) is 5.81. The van der Waals surface area contributed by atoms with Crippen LogP contribution in [0.4, 0.5) is 0 Å². The molecule has 2 aliphatic rings. The summed E-state index contributed by atoms with van der Waals surface area (Å²) in [6.07, 6.45) is 11.3. The first kappa shape index (κ1) is 13.8. The average Bonchev–Trinajstić information content (AvgIpc) is 2.95. The van der Waals surface area contributed by atoms with Crippen molar-refractivity contribution in [2.24, 2.45) is 5.92 Å². The first-order valence-corrected chi connectivity index (χ1v) is 8.58. The second-order valence-corrected chi connectivity index (χ2v) is 6.75. The zero-order valence-electron chi connectivity index (χ0n) is 11.9. The van der Waals surface area contributed by atoms with E-state index in [1.807, 2.05) is 5.51 Å². The molecule has 2 aliphatic carbocycles. The smallest absolute Gasteiger partial charge is 0.223 e. The van der Waals surface area contributed by atoms with Gasteiger partial charge in [-0.05, 0) is 51.4 Å². The molecule has 0 bridgehead atoms. The molecule has 1 atom stereocenters. The molecule has 1 unspecified atom stereocenters. The Labute approximate surface area is 124 Å². The van der Waals surface area contributed by atoms with Gasteiger partial charge in [0.25, 0.3) is 0 Å². The molecule has 108 valence electrons. The Morgan fingerprint density at radius 2 is 2.35 bits per heavy atom. The molecule has 0 aromatic carbocycles. The Balaban J connectivity index is 1.44. The second kappa shape index (κ2) is 6.53. The molecular weight excluding hydrogens is 268 g/mol. The van der Waals surface area contributed by atoms with Gasteiger partial charge in [0.2, 0.25) is 5.91 Å². The molecule has 1 aromatic heterocycles. The van der Waals surface area contributed by atoms with Gasteiger partial charge in [0.1, 0.15) is 0 Å². The lowest BCUT2D eigenvalue weighted by molar-refractivity contribution is -0.125. The molecule has 3 nitrogen and oxygen atoms in total. The number of amides is 1. The molecule has 1 heterocycles. The van der Waals surface area contributed by atoms with Crippen LogP contribution in [0.25, 0.3) is 0 Å². The van der Waals surface area contributed by atoms with Gasteiger partial charge in [-0.1, -0.05) is 11.6 Å². The third-order valence-corrected chi connectivity index (χ3v) is 5.29. The standard InChI is InChI=1S/C16H22N2OS/c19-16(17-9-8-12-4-2-1-3-5-12)13-6-7-14-15(10-13)20-11-18-14/h4,11,13H,1-3,5-10H2,(H,17,19). The van der Waals surface area contributed by atoms with Crippen molar-refractivity contribution in [3.63, 3.8) is 0 Å². The van der Waals surface area contributed by atoms with Crippen LogP contribution in [0.5, 0.6) is 0 Å². The van der Waals surface area contributed by atoms with Crippen molar-refractivity contribution in [1.82, 2.24) is 10.3 Å². The molecule has 1 N–H and O–H groups in total. The minimum Gasteiger partial charge on any atom is -0.356 e. The molecule has 20 heavy (non-hydrogen) atoms. The van der Waals surface area contributed by atoms with Crippen molar-refractivity contribution in [3.05, 3.63) is 27.7 Å². The summed E-state index contributed by atoms with van der Waals surface area (Å²) in [5, 5.41) is 3.13. The minimum absolute atomic E-state index is 0.156. The highest BCUT2D eigenvalue weighted by Crippen LogP contribution is 2.27. The van der Waals surface area contributed by atoms with E-state index in [4.69, 9.17) is 0 Å². The summed E-state index contributed by atoms with van der Waals surface area (Å²) in [5.74, 6) is 0.392. The highest BCUT2D eigenvalue weighted by Gasteiger charge is 2.25. The number of hydrogen-bond donors (Lipinski definition) is 1. The monoisotopic (exact) mass is 290 g/mol. The zero-order chi connectivity index (χ0) is 13.8. The van der Waals surface area contributed by atoms with Gasteiger partial charge in [0, 0.05) is 17.3 Å². The van der Waals surface area contributed by atoms with E-state index in [0.717, 1.165) is 32.2 Å². The van der Waals surface area contributed by atoms with E-state index in [9.17, 15) is 4.79 Å². The summed E-state index contributed by atoms with van der Waals surface area (Å²) in [6, 6.07) is 0. The maximum absolute atomic E-state index is 12.2. The number of fused-ring (bicyclic) bond motifs is 1. The number of allylic oxidation sites excluding steroid dienone is 1. The largest absolute Gasteiger partial charge is 0.356 e. The van der Waals surface area contributed by atoms with Crippen LogP contribution in [0.3, 0.4) is 0 Å². The summed E-state index contributed by atoms with van der Waals surface area (Å²) in [6.45, 7) is 0.802. The van der Waals surface area contributed by atoms with E-state index in [1.165, 1.54) is 41.8 Å². The topological polar surface area (TPSA) is 42.0 Å². The Morgan fingerprint density at radius 1 is 1.40 bits per heavy atom. The molecule has 0 saturated carbocycles. The first-order valence-electron chi connectivity index (χ1n) is 7.70. The van der Waals surface area contributed by atoms with E-state index in [2.05, 4.69) is 16.4 Å². The van der Waals surface area contributed by atoms with Crippen molar-refractivity contribution in [1.29, 1.82) is 0 Å². The quantitative estimate of drug-likeness (QED) is 0.865. The maximum Gasteiger partial charge on any atom is 0.223 e. The fraction of sp³-hybridized carbons (Fsp3) is 0.625. The molecule has 0 spiro atoms. The van der Waals surface area contributed by atoms with E-state index >= 15 is 0 Å². The van der Waals surface area contributed by atoms with Crippen LogP contribution in [-0.2, 0) is 17.6 Å². The fourth-order valence-corrected chi connectivity index (χ4v) is 4.04. The number of nitrogens with one attached hydrogen (secondary N) is 1. The van der Waals surface area contributed by atoms with Gasteiger partial charge in [-0.15, -0.1) is 11.3 Å². The van der Waals surface area contributed by atoms with Crippen LogP contribution < -0.4 is 5.32 Å². The summed E-state index contributed by atoms with van der Waals surface area (Å²) in [4.78, 5) is 17.9. The number of carbonyl (C=O) groups excluding carboxylic acids is 1. The number of aromatic nitrogens is 1. The van der Waals surface area contributed by atoms with Crippen LogP contribution >= 0.6 is 11.3 Å². The van der Waals surface area contributed by atoms with E-state index in [-0.39, 0.29) is 11.8 Å². The van der Waals surface area contributed by atoms with Crippen molar-refractivity contribution >= 4 is 17.2 Å². The molecule has 1 aromatic rings. The van der Waals surface area contributed by atoms with Gasteiger partial charge in [0.05, 0.1) is 11.2 Å². The Bertz CT molecular complexity index is 506. The van der Waals surface area contributed by atoms with Gasteiger partial charge in [-0.25, -0.2) is 4.98 Å². The lowest BCUT2D eigenvalue weighted by Crippen LogP contribution is -2.34. The molecule has 0 fully saturated rings. The van der Waals surface area contributed by atoms with Gasteiger partial charge >= 0.3 is 0 Å². The fourth-order valence-electron chi connectivity index (χ4n) is 3.15. The number of carbonyl (C=O) groups is 1. The predicted molar refractivity (Wildman–Crippen MR) is 81.8 cm³/mol. The first-order chi connectivity index (χ1) is 9.83. The molecule has 0 radical (unpaired) electrons. The van der Waals surface area contributed by atoms with Crippen LogP contribution in [0.15, 0.2) is 17.2 Å². The van der Waals surface area contributed by atoms with Crippen LogP contribution in [0, 0.1) is 5.92 Å². The molecule has 1 amide bonds. The number of aryl methyl sites for hydroxylation is 1. The number of hydrogen-bond acceptors (Lipinski definition) is 3. The Morgan fingerprint density at radius 3 is 3.20 bits per heavy atom. The van der Waals surface area contributed by atoms with Crippen molar-refractivity contribution < 1.29 is 4.79 Å². The van der Waals surface area contributed by atoms with E-state index < -0.39 is 0 Å². The number of rotatable bonds is 4. The van der Waals surface area contributed by atoms with Gasteiger partial charge in [-0.2, -0.15) is 0 Å². The van der Waals surface area contributed by atoms with E-state index in [1.54, 1.807) is 11.3 Å². The van der Waals surface area contributed by atoms with E-state index in [0.29, 0.717) is 0 Å². The predicted octanol–water partition coefficient (Wildman–Crippen LogP) is 3.25. The third kappa shape index (κ3) is 3.29. The van der Waals surface area contributed by atoms with Crippen LogP contribution in [0.1, 0.15) is 49.1 Å². The van der Waals surface area contributed by atoms with Crippen molar-refractivity contribution in [2.75, 3.05) is 6.54 Å². The molecule has 0 saturated heterocycles. The van der Waals surface area contributed by atoms with Crippen molar-refractivity contribution in [2.45, 2.75) is 51.4 Å². The SMILES string of the molecule is O=C(NCCC1=CCCCC1)C1CCc2ncsc2C1. The van der Waals surface area contributed by atoms with Gasteiger partial charge in [0.15, 0.2) is 0 Å². The average molecular weight is 290 g/mol. The third-order valence-electron chi connectivity index (χ3n) is 4.39. The van der Waals surface area contributed by atoms with Crippen LogP contribution in [0.2, 0.25) is 0 Å². The van der Waals surface area contributed by atoms with Crippen molar-refractivity contribution in [3.8, 4) is 0 Å². The summed E-state index contributed by atoms with van der Waals surface area (Å²) < 4.78 is 0. The normalized spacial score (nSPS) is 22.0. The van der Waals surface area contributed by atoms with Gasteiger partial charge < -0.3 is 5.32 Å². The molecule has 4 heteroatoms. The Hall–Kier alpha value is -1.16. The number of nitrogens with zero attached hydrogens (tertiary/aromatic N) is 1. The lowest BCUT2D eigenvalue weighted by atomic mass is 9.90. The highest BCUT2D eigenvalue weighted by molar-refractivity contribution is 7.09. The molecule has 3 rings (SSSR count). The molecule has 0 aliphatic heterocycles. The van der Waals surface area contributed by atoms with Gasteiger partial charge in [-0.3, -0.25) is 4.79 Å². The zero-order valence-corrected chi connectivity index (χ0v) is 12.7. The Kier molecular flexibility index (Phi) is 4.51. The maximum atomic E-state index is 12.2.